The van der Waals surface area contributed by atoms with Gasteiger partial charge in [-0.25, -0.2) is 4.79 Å². The number of ketones is 3. The summed E-state index contributed by atoms with van der Waals surface area (Å²) in [5.41, 5.74) is 1.19. The van der Waals surface area contributed by atoms with Crippen LogP contribution in [0.15, 0.2) is 84.5 Å². The van der Waals surface area contributed by atoms with Crippen molar-refractivity contribution in [2.45, 2.75) is 24.9 Å². The predicted octanol–water partition coefficient (Wildman–Crippen LogP) is 3.84. The highest BCUT2D eigenvalue weighted by molar-refractivity contribution is 6.10. The number of Topliss-reactive ketones (excluding diaryl/α,β-unsaturated/α-hetero) is 1. The van der Waals surface area contributed by atoms with Crippen LogP contribution in [0.4, 0.5) is 4.79 Å². The van der Waals surface area contributed by atoms with E-state index in [1.54, 1.807) is 30.3 Å². The number of para-hydroxylation sites is 1. The number of carbonyl (C=O) groups excluding carboxylic acids is 4. The largest absolute Gasteiger partial charge is 0.416 e. The number of ether oxygens (including phenoxy) is 1. The van der Waals surface area contributed by atoms with E-state index in [2.05, 4.69) is 0 Å². The molecule has 6 nitrogen and oxygen atoms in total. The fraction of sp³-hybridized carbons (Fsp3) is 0.231. The van der Waals surface area contributed by atoms with Gasteiger partial charge in [0, 0.05) is 17.9 Å². The summed E-state index contributed by atoms with van der Waals surface area (Å²) >= 11 is 0. The Bertz CT molecular complexity index is 1150. The maximum absolute atomic E-state index is 13.5. The number of rotatable bonds is 2. The van der Waals surface area contributed by atoms with Crippen LogP contribution >= 0.6 is 0 Å². The molecule has 0 radical (unpaired) electrons. The lowest BCUT2D eigenvalue weighted by Gasteiger charge is -2.48. The molecule has 6 heteroatoms. The quantitative estimate of drug-likeness (QED) is 0.728. The third-order valence-electron chi connectivity index (χ3n) is 6.47. The molecule has 1 aliphatic heterocycles. The van der Waals surface area contributed by atoms with Crippen LogP contribution in [0.1, 0.15) is 24.4 Å². The zero-order chi connectivity index (χ0) is 22.2. The maximum Gasteiger partial charge on any atom is 0.416 e. The smallest absolute Gasteiger partial charge is 0.410 e. The Hall–Kier alpha value is -3.80. The van der Waals surface area contributed by atoms with Crippen molar-refractivity contribution >= 4 is 23.4 Å². The van der Waals surface area contributed by atoms with Crippen molar-refractivity contribution in [1.29, 1.82) is 0 Å². The van der Waals surface area contributed by atoms with Crippen LogP contribution in [0.3, 0.4) is 0 Å². The van der Waals surface area contributed by atoms with E-state index in [0.29, 0.717) is 17.7 Å². The van der Waals surface area contributed by atoms with E-state index in [1.807, 2.05) is 36.4 Å². The zero-order valence-electron chi connectivity index (χ0n) is 17.2. The molecule has 1 saturated heterocycles. The topological polar surface area (TPSA) is 80.8 Å². The SMILES string of the molecule is O=C1C[C@H](c2ccccc2)N(C(=O)Oc2ccccc2)[C@@H]2C1=CC[C@@H]1C(=O)C=CC(=O)[C@@H]12. The first-order valence-electron chi connectivity index (χ1n) is 10.6. The van der Waals surface area contributed by atoms with Gasteiger partial charge >= 0.3 is 6.09 Å². The number of nitrogens with zero attached hydrogens (tertiary/aromatic N) is 1. The van der Waals surface area contributed by atoms with Crippen LogP contribution in [0.2, 0.25) is 0 Å². The number of carbonyl (C=O) groups is 4. The Morgan fingerprint density at radius 2 is 1.53 bits per heavy atom. The van der Waals surface area contributed by atoms with E-state index in [9.17, 15) is 19.2 Å². The van der Waals surface area contributed by atoms with Gasteiger partial charge in [-0.3, -0.25) is 19.3 Å². The minimum absolute atomic E-state index is 0.0889. The van der Waals surface area contributed by atoms with Gasteiger partial charge in [0.2, 0.25) is 0 Å². The van der Waals surface area contributed by atoms with Crippen LogP contribution in [0, 0.1) is 11.8 Å². The molecule has 0 unspecified atom stereocenters. The standard InChI is InChI=1S/C26H21NO5/c28-21-13-14-22(29)24-18(21)11-12-19-23(30)15-20(16-7-3-1-4-8-16)27(25(19)24)26(31)32-17-9-5-2-6-10-17/h1-10,12-14,18,20,24-25H,11,15H2/t18-,20-,24-,25-/m1/s1. The van der Waals surface area contributed by atoms with E-state index in [-0.39, 0.29) is 23.8 Å². The van der Waals surface area contributed by atoms with E-state index in [4.69, 9.17) is 4.74 Å². The van der Waals surface area contributed by atoms with Crippen molar-refractivity contribution in [3.8, 4) is 5.75 Å². The number of likely N-dealkylation sites (tertiary alicyclic amines) is 1. The lowest BCUT2D eigenvalue weighted by Crippen LogP contribution is -2.59. The van der Waals surface area contributed by atoms with Gasteiger partial charge < -0.3 is 4.74 Å². The molecule has 2 aromatic rings. The van der Waals surface area contributed by atoms with Crippen molar-refractivity contribution < 1.29 is 23.9 Å². The van der Waals surface area contributed by atoms with E-state index in [1.165, 1.54) is 17.1 Å². The second-order valence-electron chi connectivity index (χ2n) is 8.25. The number of hydrogen-bond acceptors (Lipinski definition) is 5. The third-order valence-corrected chi connectivity index (χ3v) is 6.47. The molecule has 1 heterocycles. The summed E-state index contributed by atoms with van der Waals surface area (Å²) in [6.45, 7) is 0. The molecule has 32 heavy (non-hydrogen) atoms. The van der Waals surface area contributed by atoms with Crippen molar-refractivity contribution in [1.82, 2.24) is 4.90 Å². The van der Waals surface area contributed by atoms with E-state index >= 15 is 0 Å². The van der Waals surface area contributed by atoms with Gasteiger partial charge in [-0.15, -0.1) is 0 Å². The first-order valence-corrected chi connectivity index (χ1v) is 10.6. The Balaban J connectivity index is 1.62. The van der Waals surface area contributed by atoms with Gasteiger partial charge in [-0.05, 0) is 36.3 Å². The molecule has 4 atom stereocenters. The highest BCUT2D eigenvalue weighted by Crippen LogP contribution is 2.45. The summed E-state index contributed by atoms with van der Waals surface area (Å²) in [5.74, 6) is -1.53. The molecule has 5 rings (SSSR count). The first kappa shape index (κ1) is 20.1. The molecule has 3 aliphatic rings. The van der Waals surface area contributed by atoms with Gasteiger partial charge in [0.15, 0.2) is 17.3 Å². The Labute approximate surface area is 185 Å². The van der Waals surface area contributed by atoms with Gasteiger partial charge in [0.25, 0.3) is 0 Å². The van der Waals surface area contributed by atoms with Gasteiger partial charge in [-0.1, -0.05) is 54.6 Å². The van der Waals surface area contributed by atoms with E-state index < -0.39 is 30.0 Å². The summed E-state index contributed by atoms with van der Waals surface area (Å²) in [5, 5.41) is 0. The minimum atomic E-state index is -0.849. The summed E-state index contributed by atoms with van der Waals surface area (Å²) in [6.07, 6.45) is 4.05. The van der Waals surface area contributed by atoms with Gasteiger partial charge in [0.1, 0.15) is 5.75 Å². The average molecular weight is 427 g/mol. The molecule has 1 fully saturated rings. The van der Waals surface area contributed by atoms with Gasteiger partial charge in [-0.2, -0.15) is 0 Å². The Kier molecular flexibility index (Phi) is 5.05. The molecule has 2 aliphatic carbocycles. The third kappa shape index (κ3) is 3.38. The number of hydrogen-bond donors (Lipinski definition) is 0. The number of allylic oxidation sites excluding steroid dienone is 3. The highest BCUT2D eigenvalue weighted by atomic mass is 16.6. The Morgan fingerprint density at radius 1 is 0.875 bits per heavy atom. The van der Waals surface area contributed by atoms with Crippen LogP contribution in [-0.2, 0) is 14.4 Å². The highest BCUT2D eigenvalue weighted by Gasteiger charge is 2.53. The summed E-state index contributed by atoms with van der Waals surface area (Å²) in [6, 6.07) is 16.5. The number of benzene rings is 2. The molecule has 0 aromatic heterocycles. The summed E-state index contributed by atoms with van der Waals surface area (Å²) in [7, 11) is 0. The minimum Gasteiger partial charge on any atom is -0.410 e. The van der Waals surface area contributed by atoms with Crippen molar-refractivity contribution in [3.63, 3.8) is 0 Å². The monoisotopic (exact) mass is 427 g/mol. The van der Waals surface area contributed by atoms with E-state index in [0.717, 1.165) is 5.56 Å². The number of amides is 1. The second kappa shape index (κ2) is 8.04. The van der Waals surface area contributed by atoms with Gasteiger partial charge in [0.05, 0.1) is 18.0 Å². The average Bonchev–Trinajstić information content (AvgIpc) is 2.82. The molecule has 160 valence electrons. The Morgan fingerprint density at radius 3 is 2.25 bits per heavy atom. The van der Waals surface area contributed by atoms with Crippen LogP contribution in [0.5, 0.6) is 5.75 Å². The van der Waals surface area contributed by atoms with Crippen LogP contribution in [-0.4, -0.2) is 34.4 Å². The van der Waals surface area contributed by atoms with Crippen molar-refractivity contribution in [2.24, 2.45) is 11.8 Å². The molecule has 2 aromatic carbocycles. The molecule has 1 amide bonds. The summed E-state index contributed by atoms with van der Waals surface area (Å²) < 4.78 is 5.67. The lowest BCUT2D eigenvalue weighted by molar-refractivity contribution is -0.133. The van der Waals surface area contributed by atoms with Crippen molar-refractivity contribution in [2.75, 3.05) is 0 Å². The second-order valence-corrected chi connectivity index (χ2v) is 8.25. The molecular weight excluding hydrogens is 406 g/mol. The molecule has 0 spiro atoms. The summed E-state index contributed by atoms with van der Waals surface area (Å²) in [4.78, 5) is 53.7. The number of fused-ring (bicyclic) bond motifs is 3. The zero-order valence-corrected chi connectivity index (χ0v) is 17.2. The van der Waals surface area contributed by atoms with Crippen molar-refractivity contribution in [3.05, 3.63) is 90.0 Å². The maximum atomic E-state index is 13.5. The fourth-order valence-corrected chi connectivity index (χ4v) is 5.00. The molecule has 0 saturated carbocycles. The lowest BCUT2D eigenvalue weighted by atomic mass is 9.66. The molecule has 0 N–H and O–H groups in total. The fourth-order valence-electron chi connectivity index (χ4n) is 5.00. The number of piperidine rings is 1. The van der Waals surface area contributed by atoms with Crippen LogP contribution in [0.25, 0.3) is 0 Å². The molecular formula is C26H21NO5. The first-order chi connectivity index (χ1) is 15.5. The predicted molar refractivity (Wildman–Crippen MR) is 116 cm³/mol. The normalized spacial score (nSPS) is 26.8. The van der Waals surface area contributed by atoms with Crippen LogP contribution < -0.4 is 4.74 Å². The molecule has 0 bridgehead atoms.